The molecule has 0 saturated heterocycles. The number of H-pyrrole nitrogens is 1. The van der Waals surface area contributed by atoms with E-state index in [9.17, 15) is 19.2 Å². The van der Waals surface area contributed by atoms with E-state index in [0.717, 1.165) is 16.9 Å². The molecule has 13 heteroatoms. The number of carbonyl (C=O) groups excluding carboxylic acids is 3. The zero-order valence-corrected chi connectivity index (χ0v) is 19.9. The number of nitrogens with one attached hydrogen (secondary N) is 5. The number of aromatic nitrogens is 2. The average Bonchev–Trinajstić information content (AvgIpc) is 3.42. The maximum absolute atomic E-state index is 12.9. The van der Waals surface area contributed by atoms with Gasteiger partial charge in [0.1, 0.15) is 11.4 Å². The lowest BCUT2D eigenvalue weighted by atomic mass is 9.97. The van der Waals surface area contributed by atoms with Gasteiger partial charge in [-0.3, -0.25) is 19.7 Å². The van der Waals surface area contributed by atoms with Gasteiger partial charge in [0, 0.05) is 41.5 Å². The normalized spacial score (nSPS) is 14.9. The number of fused-ring (bicyclic) bond motifs is 3. The van der Waals surface area contributed by atoms with Crippen molar-refractivity contribution in [1.82, 2.24) is 30.8 Å². The van der Waals surface area contributed by atoms with Crippen molar-refractivity contribution >= 4 is 51.2 Å². The maximum atomic E-state index is 12.9. The number of likely N-dealkylation sites (N-methyl/N-ethyl adjacent to an activating group) is 1. The van der Waals surface area contributed by atoms with Crippen LogP contribution in [0, 0.1) is 0 Å². The Kier molecular flexibility index (Phi) is 6.98. The highest BCUT2D eigenvalue weighted by molar-refractivity contribution is 7.14. The Labute approximate surface area is 204 Å². The van der Waals surface area contributed by atoms with Crippen molar-refractivity contribution in [3.05, 3.63) is 46.1 Å². The molecule has 1 aliphatic rings. The van der Waals surface area contributed by atoms with Gasteiger partial charge in [-0.15, -0.1) is 11.3 Å². The van der Waals surface area contributed by atoms with Crippen molar-refractivity contribution in [1.29, 1.82) is 0 Å². The van der Waals surface area contributed by atoms with E-state index in [0.29, 0.717) is 46.8 Å². The first-order valence-corrected chi connectivity index (χ1v) is 11.7. The molecule has 0 radical (unpaired) electrons. The molecule has 0 aliphatic carbocycles. The highest BCUT2D eigenvalue weighted by Gasteiger charge is 2.28. The van der Waals surface area contributed by atoms with Crippen molar-refractivity contribution in [2.24, 2.45) is 0 Å². The Balaban J connectivity index is 1.47. The molecular weight excluding hydrogens is 474 g/mol. The van der Waals surface area contributed by atoms with Crippen LogP contribution in [0.1, 0.15) is 36.9 Å². The molecule has 12 nitrogen and oxygen atoms in total. The first-order valence-electron chi connectivity index (χ1n) is 10.8. The number of aromatic amines is 1. The van der Waals surface area contributed by atoms with Crippen molar-refractivity contribution in [3.63, 3.8) is 0 Å². The van der Waals surface area contributed by atoms with Gasteiger partial charge in [-0.05, 0) is 44.3 Å². The van der Waals surface area contributed by atoms with Crippen LogP contribution < -0.4 is 21.3 Å². The predicted octanol–water partition coefficient (Wildman–Crippen LogP) is 1.09. The highest BCUT2D eigenvalue weighted by Crippen LogP contribution is 2.28. The molecule has 1 aromatic carbocycles. The number of nitrogens with zero attached hydrogens (tertiary/aromatic N) is 2. The molecule has 2 aromatic heterocycles. The van der Waals surface area contributed by atoms with Crippen LogP contribution in [0.5, 0.6) is 0 Å². The van der Waals surface area contributed by atoms with Crippen molar-refractivity contribution < 1.29 is 24.3 Å². The number of benzene rings is 1. The second kappa shape index (κ2) is 10.1. The SMILES string of the molecule is CN(C)CCNC(=O)c1csc(NC(=O)c2ccc3[nH]c4c(c3c2)CC(CNC(=O)O)NC4=O)n1. The Hall–Kier alpha value is -3.97. The number of carbonyl (C=O) groups is 4. The summed E-state index contributed by atoms with van der Waals surface area (Å²) in [5.74, 6) is -1.04. The second-order valence-corrected chi connectivity index (χ2v) is 9.21. The van der Waals surface area contributed by atoms with Gasteiger partial charge >= 0.3 is 6.09 Å². The zero-order valence-electron chi connectivity index (χ0n) is 19.1. The number of rotatable bonds is 8. The van der Waals surface area contributed by atoms with E-state index in [1.807, 2.05) is 19.0 Å². The van der Waals surface area contributed by atoms with Crippen LogP contribution in [0.25, 0.3) is 10.9 Å². The van der Waals surface area contributed by atoms with E-state index >= 15 is 0 Å². The lowest BCUT2D eigenvalue weighted by molar-refractivity contribution is 0.0917. The molecule has 0 spiro atoms. The van der Waals surface area contributed by atoms with Gasteiger partial charge in [0.05, 0.1) is 6.04 Å². The number of anilines is 1. The largest absolute Gasteiger partial charge is 0.465 e. The van der Waals surface area contributed by atoms with Crippen LogP contribution in [0.3, 0.4) is 0 Å². The van der Waals surface area contributed by atoms with Gasteiger partial charge in [0.2, 0.25) is 0 Å². The number of hydrogen-bond donors (Lipinski definition) is 6. The highest BCUT2D eigenvalue weighted by atomic mass is 32.1. The molecule has 0 fully saturated rings. The van der Waals surface area contributed by atoms with Crippen LogP contribution in [0.4, 0.5) is 9.93 Å². The van der Waals surface area contributed by atoms with Crippen LogP contribution in [0.15, 0.2) is 23.6 Å². The molecule has 184 valence electrons. The van der Waals surface area contributed by atoms with Gasteiger partial charge in [-0.2, -0.15) is 0 Å². The fraction of sp³-hybridized carbons (Fsp3) is 0.318. The number of thiazole rings is 1. The smallest absolute Gasteiger partial charge is 0.404 e. The van der Waals surface area contributed by atoms with Gasteiger partial charge in [0.25, 0.3) is 17.7 Å². The molecule has 6 N–H and O–H groups in total. The monoisotopic (exact) mass is 499 g/mol. The van der Waals surface area contributed by atoms with E-state index < -0.39 is 18.0 Å². The van der Waals surface area contributed by atoms with E-state index in [4.69, 9.17) is 5.11 Å². The minimum atomic E-state index is -1.17. The quantitative estimate of drug-likeness (QED) is 0.270. The molecule has 4 amide bonds. The fourth-order valence-corrected chi connectivity index (χ4v) is 4.46. The molecule has 1 atom stereocenters. The summed E-state index contributed by atoms with van der Waals surface area (Å²) >= 11 is 1.15. The topological polar surface area (TPSA) is 169 Å². The lowest BCUT2D eigenvalue weighted by Crippen LogP contribution is -2.47. The summed E-state index contributed by atoms with van der Waals surface area (Å²) in [7, 11) is 3.82. The third-order valence-corrected chi connectivity index (χ3v) is 6.24. The lowest BCUT2D eigenvalue weighted by Gasteiger charge is -2.23. The summed E-state index contributed by atoms with van der Waals surface area (Å²) in [6.07, 6.45) is -0.759. The molecule has 0 bridgehead atoms. The zero-order chi connectivity index (χ0) is 25.1. The molecule has 0 saturated carbocycles. The molecular formula is C22H25N7O5S. The predicted molar refractivity (Wildman–Crippen MR) is 130 cm³/mol. The third kappa shape index (κ3) is 5.58. The van der Waals surface area contributed by atoms with Crippen molar-refractivity contribution in [2.45, 2.75) is 12.5 Å². The summed E-state index contributed by atoms with van der Waals surface area (Å²) < 4.78 is 0. The minimum Gasteiger partial charge on any atom is -0.465 e. The standard InChI is InChI=1S/C22H25N7O5S/c1-29(2)6-5-23-19(31)16-10-35-21(27-16)28-18(30)11-3-4-15-13(7-11)14-8-12(9-24-22(33)34)25-20(32)17(14)26-15/h3-4,7,10,12,24,26H,5-6,8-9H2,1-2H3,(H,23,31)(H,25,32)(H,33,34)(H,27,28,30). The molecule has 1 aliphatic heterocycles. The molecule has 35 heavy (non-hydrogen) atoms. The van der Waals surface area contributed by atoms with Crippen LogP contribution in [0.2, 0.25) is 0 Å². The van der Waals surface area contributed by atoms with Crippen LogP contribution in [-0.2, 0) is 6.42 Å². The fourth-order valence-electron chi connectivity index (χ4n) is 3.77. The molecule has 1 unspecified atom stereocenters. The van der Waals surface area contributed by atoms with Gasteiger partial charge in [-0.25, -0.2) is 9.78 Å². The van der Waals surface area contributed by atoms with Gasteiger partial charge in [0.15, 0.2) is 5.13 Å². The Morgan fingerprint density at radius 3 is 2.77 bits per heavy atom. The summed E-state index contributed by atoms with van der Waals surface area (Å²) in [6.45, 7) is 1.25. The number of hydrogen-bond acceptors (Lipinski definition) is 7. The van der Waals surface area contributed by atoms with Crippen LogP contribution in [-0.4, -0.2) is 83.6 Å². The van der Waals surface area contributed by atoms with Gasteiger partial charge < -0.3 is 30.9 Å². The molecule has 3 heterocycles. The second-order valence-electron chi connectivity index (χ2n) is 8.35. The summed E-state index contributed by atoms with van der Waals surface area (Å²) in [5, 5.41) is 22.0. The summed E-state index contributed by atoms with van der Waals surface area (Å²) in [6, 6.07) is 4.62. The third-order valence-electron chi connectivity index (χ3n) is 5.48. The van der Waals surface area contributed by atoms with Crippen LogP contribution >= 0.6 is 11.3 Å². The van der Waals surface area contributed by atoms with E-state index in [1.165, 1.54) is 0 Å². The Bertz CT molecular complexity index is 1300. The minimum absolute atomic E-state index is 0.0719. The van der Waals surface area contributed by atoms with Crippen molar-refractivity contribution in [2.75, 3.05) is 39.0 Å². The van der Waals surface area contributed by atoms with E-state index in [2.05, 4.69) is 31.2 Å². The summed E-state index contributed by atoms with van der Waals surface area (Å²) in [4.78, 5) is 57.6. The number of carboxylic acid groups (broad SMARTS) is 1. The first kappa shape index (κ1) is 24.2. The summed E-state index contributed by atoms with van der Waals surface area (Å²) in [5.41, 5.74) is 2.40. The molecule has 3 aromatic rings. The van der Waals surface area contributed by atoms with E-state index in [1.54, 1.807) is 23.6 Å². The van der Waals surface area contributed by atoms with E-state index in [-0.39, 0.29) is 24.1 Å². The maximum Gasteiger partial charge on any atom is 0.404 e. The average molecular weight is 500 g/mol. The number of amides is 4. The Morgan fingerprint density at radius 2 is 2.03 bits per heavy atom. The Morgan fingerprint density at radius 1 is 1.23 bits per heavy atom. The van der Waals surface area contributed by atoms with Crippen molar-refractivity contribution in [3.8, 4) is 0 Å². The van der Waals surface area contributed by atoms with Gasteiger partial charge in [-0.1, -0.05) is 0 Å². The molecule has 4 rings (SSSR count). The first-order chi connectivity index (χ1) is 16.7.